The highest BCUT2D eigenvalue weighted by molar-refractivity contribution is 7.80. The molecule has 0 unspecified atom stereocenters. The maximum atomic E-state index is 12.6. The molecule has 0 radical (unpaired) electrons. The molecule has 150 valence electrons. The first-order valence-electron chi connectivity index (χ1n) is 9.88. The molecular formula is C22H28N2O2S2. The second-order valence-corrected chi connectivity index (χ2v) is 8.95. The Labute approximate surface area is 176 Å². The first-order valence-corrected chi connectivity index (χ1v) is 11.1. The van der Waals surface area contributed by atoms with Crippen LogP contribution >= 0.6 is 23.6 Å². The largest absolute Gasteiger partial charge is 0.465 e. The van der Waals surface area contributed by atoms with E-state index in [0.29, 0.717) is 16.7 Å². The van der Waals surface area contributed by atoms with Gasteiger partial charge in [0.1, 0.15) is 10.6 Å². The fraction of sp³-hybridized carbons (Fsp3) is 0.455. The van der Waals surface area contributed by atoms with E-state index in [4.69, 9.17) is 17.0 Å². The van der Waals surface area contributed by atoms with Crippen molar-refractivity contribution in [2.75, 3.05) is 12.4 Å². The summed E-state index contributed by atoms with van der Waals surface area (Å²) in [5.41, 5.74) is 2.46. The molecule has 3 rings (SSSR count). The molecule has 1 aromatic carbocycles. The number of hydrogen-bond donors (Lipinski definition) is 2. The third-order valence-corrected chi connectivity index (χ3v) is 6.76. The van der Waals surface area contributed by atoms with Crippen LogP contribution in [0.2, 0.25) is 0 Å². The van der Waals surface area contributed by atoms with Crippen molar-refractivity contribution in [3.05, 3.63) is 40.8 Å². The summed E-state index contributed by atoms with van der Waals surface area (Å²) in [6.45, 7) is 4.29. The standard InChI is InChI=1S/C22H28N2O2S2/c1-4-15-10-12-17(13-11-15)23-22(27)24-20-19(21(25)26-3)18(14(2)28-20)16-8-6-5-7-9-16/h5-9,15,17H,4,10-13H2,1-3H3,(H2,23,24,27). The number of esters is 1. The Hall–Kier alpha value is -1.92. The average Bonchev–Trinajstić information content (AvgIpc) is 3.04. The molecule has 0 amide bonds. The van der Waals surface area contributed by atoms with Gasteiger partial charge in [-0.15, -0.1) is 11.3 Å². The number of carbonyl (C=O) groups excluding carboxylic acids is 1. The number of rotatable bonds is 5. The van der Waals surface area contributed by atoms with E-state index in [0.717, 1.165) is 39.8 Å². The van der Waals surface area contributed by atoms with Gasteiger partial charge in [0.05, 0.1) is 7.11 Å². The zero-order chi connectivity index (χ0) is 20.1. The van der Waals surface area contributed by atoms with E-state index in [2.05, 4.69) is 17.6 Å². The zero-order valence-corrected chi connectivity index (χ0v) is 18.3. The number of ether oxygens (including phenoxy) is 1. The van der Waals surface area contributed by atoms with Gasteiger partial charge in [0.15, 0.2) is 5.11 Å². The molecule has 1 saturated carbocycles. The Balaban J connectivity index is 1.78. The molecule has 1 aromatic heterocycles. The second-order valence-electron chi connectivity index (χ2n) is 7.32. The molecule has 1 fully saturated rings. The highest BCUT2D eigenvalue weighted by atomic mass is 32.1. The summed E-state index contributed by atoms with van der Waals surface area (Å²) in [7, 11) is 1.41. The molecule has 2 N–H and O–H groups in total. The van der Waals surface area contributed by atoms with Crippen molar-refractivity contribution in [3.8, 4) is 11.1 Å². The van der Waals surface area contributed by atoms with Gasteiger partial charge in [-0.25, -0.2) is 4.79 Å². The molecule has 0 bridgehead atoms. The lowest BCUT2D eigenvalue weighted by atomic mass is 9.85. The van der Waals surface area contributed by atoms with E-state index in [1.165, 1.54) is 37.7 Å². The molecule has 0 spiro atoms. The van der Waals surface area contributed by atoms with E-state index in [1.54, 1.807) is 0 Å². The first kappa shape index (κ1) is 20.8. The number of anilines is 1. The van der Waals surface area contributed by atoms with Crippen molar-refractivity contribution < 1.29 is 9.53 Å². The minimum atomic E-state index is -0.350. The van der Waals surface area contributed by atoms with Gasteiger partial charge < -0.3 is 15.4 Å². The first-order chi connectivity index (χ1) is 13.5. The summed E-state index contributed by atoms with van der Waals surface area (Å²) in [5, 5.41) is 8.02. The van der Waals surface area contributed by atoms with Crippen molar-refractivity contribution in [1.82, 2.24) is 5.32 Å². The molecule has 2 aromatic rings. The van der Waals surface area contributed by atoms with Crippen molar-refractivity contribution in [2.45, 2.75) is 52.0 Å². The number of methoxy groups -OCH3 is 1. The number of nitrogens with one attached hydrogen (secondary N) is 2. The van der Waals surface area contributed by atoms with Crippen LogP contribution in [0.5, 0.6) is 0 Å². The van der Waals surface area contributed by atoms with Crippen molar-refractivity contribution in [2.24, 2.45) is 5.92 Å². The highest BCUT2D eigenvalue weighted by Crippen LogP contribution is 2.40. The quantitative estimate of drug-likeness (QED) is 0.479. The van der Waals surface area contributed by atoms with Crippen LogP contribution in [-0.4, -0.2) is 24.2 Å². The maximum absolute atomic E-state index is 12.6. The fourth-order valence-corrected chi connectivity index (χ4v) is 5.32. The van der Waals surface area contributed by atoms with Gasteiger partial charge in [0.25, 0.3) is 0 Å². The van der Waals surface area contributed by atoms with Gasteiger partial charge in [-0.05, 0) is 56.3 Å². The van der Waals surface area contributed by atoms with Gasteiger partial charge >= 0.3 is 5.97 Å². The summed E-state index contributed by atoms with van der Waals surface area (Å²) in [6, 6.07) is 10.3. The van der Waals surface area contributed by atoms with E-state index in [-0.39, 0.29) is 5.97 Å². The molecule has 28 heavy (non-hydrogen) atoms. The number of thiophene rings is 1. The molecule has 1 aliphatic carbocycles. The highest BCUT2D eigenvalue weighted by Gasteiger charge is 2.25. The van der Waals surface area contributed by atoms with E-state index < -0.39 is 0 Å². The summed E-state index contributed by atoms with van der Waals surface area (Å²) >= 11 is 7.09. The number of carbonyl (C=O) groups is 1. The number of hydrogen-bond acceptors (Lipinski definition) is 4. The molecular weight excluding hydrogens is 388 g/mol. The molecule has 0 aliphatic heterocycles. The van der Waals surface area contributed by atoms with Gasteiger partial charge in [-0.3, -0.25) is 0 Å². The second kappa shape index (κ2) is 9.52. The van der Waals surface area contributed by atoms with E-state index in [9.17, 15) is 4.79 Å². The van der Waals surface area contributed by atoms with Crippen molar-refractivity contribution in [3.63, 3.8) is 0 Å². The van der Waals surface area contributed by atoms with Crippen LogP contribution < -0.4 is 10.6 Å². The Bertz CT molecular complexity index is 825. The molecule has 1 heterocycles. The van der Waals surface area contributed by atoms with E-state index in [1.807, 2.05) is 37.3 Å². The van der Waals surface area contributed by atoms with Crippen LogP contribution in [0.3, 0.4) is 0 Å². The maximum Gasteiger partial charge on any atom is 0.341 e. The van der Waals surface area contributed by atoms with Crippen LogP contribution in [0.15, 0.2) is 30.3 Å². The van der Waals surface area contributed by atoms with Crippen LogP contribution in [0.25, 0.3) is 11.1 Å². The smallest absolute Gasteiger partial charge is 0.341 e. The third-order valence-electron chi connectivity index (χ3n) is 5.52. The summed E-state index contributed by atoms with van der Waals surface area (Å²) in [5.74, 6) is 0.496. The predicted octanol–water partition coefficient (Wildman–Crippen LogP) is 5.77. The number of thiocarbonyl (C=S) groups is 1. The monoisotopic (exact) mass is 416 g/mol. The third kappa shape index (κ3) is 4.73. The minimum Gasteiger partial charge on any atom is -0.465 e. The zero-order valence-electron chi connectivity index (χ0n) is 16.7. The average molecular weight is 417 g/mol. The molecule has 0 saturated heterocycles. The van der Waals surface area contributed by atoms with Crippen molar-refractivity contribution in [1.29, 1.82) is 0 Å². The minimum absolute atomic E-state index is 0.350. The summed E-state index contributed by atoms with van der Waals surface area (Å²) < 4.78 is 5.07. The topological polar surface area (TPSA) is 50.4 Å². The molecule has 6 heteroatoms. The Morgan fingerprint density at radius 1 is 1.21 bits per heavy atom. The molecule has 4 nitrogen and oxygen atoms in total. The van der Waals surface area contributed by atoms with Crippen LogP contribution in [-0.2, 0) is 4.74 Å². The number of benzene rings is 1. The van der Waals surface area contributed by atoms with Crippen LogP contribution in [0, 0.1) is 12.8 Å². The number of aryl methyl sites for hydroxylation is 1. The molecule has 1 aliphatic rings. The fourth-order valence-electron chi connectivity index (χ4n) is 3.92. The normalized spacial score (nSPS) is 19.1. The van der Waals surface area contributed by atoms with Gasteiger partial charge in [0.2, 0.25) is 0 Å². The Morgan fingerprint density at radius 2 is 1.89 bits per heavy atom. The lowest BCUT2D eigenvalue weighted by molar-refractivity contribution is 0.0603. The van der Waals surface area contributed by atoms with Gasteiger partial charge in [-0.2, -0.15) is 0 Å². The predicted molar refractivity (Wildman–Crippen MR) is 121 cm³/mol. The van der Waals surface area contributed by atoms with Gasteiger partial charge in [-0.1, -0.05) is 43.7 Å². The summed E-state index contributed by atoms with van der Waals surface area (Å²) in [4.78, 5) is 13.6. The lowest BCUT2D eigenvalue weighted by Crippen LogP contribution is -2.40. The Morgan fingerprint density at radius 3 is 2.50 bits per heavy atom. The molecule has 0 atom stereocenters. The lowest BCUT2D eigenvalue weighted by Gasteiger charge is -2.29. The Kier molecular flexibility index (Phi) is 7.08. The SMILES string of the molecule is CCC1CCC(NC(=S)Nc2sc(C)c(-c3ccccc3)c2C(=O)OC)CC1. The van der Waals surface area contributed by atoms with E-state index >= 15 is 0 Å². The van der Waals surface area contributed by atoms with Gasteiger partial charge in [0, 0.05) is 16.5 Å². The van der Waals surface area contributed by atoms with Crippen LogP contribution in [0.4, 0.5) is 5.00 Å². The van der Waals surface area contributed by atoms with Crippen molar-refractivity contribution >= 4 is 39.6 Å². The summed E-state index contributed by atoms with van der Waals surface area (Å²) in [6.07, 6.45) is 6.04. The van der Waals surface area contributed by atoms with Crippen LogP contribution in [0.1, 0.15) is 54.3 Å².